The predicted octanol–water partition coefficient (Wildman–Crippen LogP) is 5.00. The van der Waals surface area contributed by atoms with Crippen LogP contribution in [0.5, 0.6) is 0 Å². The fourth-order valence-corrected chi connectivity index (χ4v) is 2.29. The van der Waals surface area contributed by atoms with E-state index in [9.17, 15) is 8.78 Å². The summed E-state index contributed by atoms with van der Waals surface area (Å²) in [5.74, 6) is -0.957. The predicted molar refractivity (Wildman–Crippen MR) is 79.8 cm³/mol. The highest BCUT2D eigenvalue weighted by molar-refractivity contribution is 5.73. The first-order valence-electron chi connectivity index (χ1n) is 6.62. The number of hydrogen-bond acceptors (Lipinski definition) is 1. The van der Waals surface area contributed by atoms with Crippen LogP contribution in [0.1, 0.15) is 5.56 Å². The van der Waals surface area contributed by atoms with Crippen molar-refractivity contribution in [2.45, 2.75) is 6.92 Å². The number of halogens is 2. The molecule has 0 aliphatic rings. The van der Waals surface area contributed by atoms with Crippen molar-refractivity contribution >= 4 is 0 Å². The van der Waals surface area contributed by atoms with E-state index in [4.69, 9.17) is 0 Å². The van der Waals surface area contributed by atoms with E-state index in [0.29, 0.717) is 5.69 Å². The Morgan fingerprint density at radius 1 is 0.857 bits per heavy atom. The Morgan fingerprint density at radius 2 is 1.62 bits per heavy atom. The number of benzene rings is 2. The van der Waals surface area contributed by atoms with Crippen LogP contribution in [0, 0.1) is 18.6 Å². The standard InChI is InChI=1S/C18H13F2N/c1-12-11-21-18(16-9-14(19)7-8-17(16)20)10-15(12)13-5-3-2-4-6-13/h2-11H,1H3. The normalized spacial score (nSPS) is 10.6. The van der Waals surface area contributed by atoms with Crippen LogP contribution in [0.2, 0.25) is 0 Å². The Kier molecular flexibility index (Phi) is 3.48. The minimum Gasteiger partial charge on any atom is -0.256 e. The molecule has 3 aromatic rings. The lowest BCUT2D eigenvalue weighted by molar-refractivity contribution is 0.602. The second-order valence-electron chi connectivity index (χ2n) is 4.87. The maximum Gasteiger partial charge on any atom is 0.132 e. The Labute approximate surface area is 121 Å². The summed E-state index contributed by atoms with van der Waals surface area (Å²) in [7, 11) is 0. The molecule has 0 radical (unpaired) electrons. The largest absolute Gasteiger partial charge is 0.256 e. The third-order valence-electron chi connectivity index (χ3n) is 3.39. The second kappa shape index (κ2) is 5.44. The van der Waals surface area contributed by atoms with Crippen molar-refractivity contribution in [2.75, 3.05) is 0 Å². The van der Waals surface area contributed by atoms with Crippen LogP contribution in [0.25, 0.3) is 22.4 Å². The molecule has 0 spiro atoms. The Morgan fingerprint density at radius 3 is 2.38 bits per heavy atom. The van der Waals surface area contributed by atoms with Crippen molar-refractivity contribution in [1.82, 2.24) is 4.98 Å². The summed E-state index contributed by atoms with van der Waals surface area (Å²) in [6.07, 6.45) is 1.68. The molecule has 104 valence electrons. The molecule has 0 atom stereocenters. The van der Waals surface area contributed by atoms with Crippen molar-refractivity contribution in [3.8, 4) is 22.4 Å². The molecule has 3 rings (SSSR count). The van der Waals surface area contributed by atoms with E-state index >= 15 is 0 Å². The molecule has 0 fully saturated rings. The third kappa shape index (κ3) is 2.68. The van der Waals surface area contributed by atoms with E-state index in [1.165, 1.54) is 6.07 Å². The minimum absolute atomic E-state index is 0.173. The highest BCUT2D eigenvalue weighted by Crippen LogP contribution is 2.29. The van der Waals surface area contributed by atoms with Crippen molar-refractivity contribution in [1.29, 1.82) is 0 Å². The lowest BCUT2D eigenvalue weighted by atomic mass is 9.99. The van der Waals surface area contributed by atoms with E-state index in [1.807, 2.05) is 37.3 Å². The summed E-state index contributed by atoms with van der Waals surface area (Å²) in [4.78, 5) is 4.23. The Hall–Kier alpha value is -2.55. The maximum absolute atomic E-state index is 13.9. The van der Waals surface area contributed by atoms with Crippen molar-refractivity contribution in [2.24, 2.45) is 0 Å². The van der Waals surface area contributed by atoms with Crippen LogP contribution >= 0.6 is 0 Å². The molecule has 0 amide bonds. The topological polar surface area (TPSA) is 12.9 Å². The SMILES string of the molecule is Cc1cnc(-c2cc(F)ccc2F)cc1-c1ccccc1. The first-order chi connectivity index (χ1) is 10.1. The number of nitrogens with zero attached hydrogens (tertiary/aromatic N) is 1. The second-order valence-corrected chi connectivity index (χ2v) is 4.87. The summed E-state index contributed by atoms with van der Waals surface area (Å²) < 4.78 is 27.2. The number of pyridine rings is 1. The summed E-state index contributed by atoms with van der Waals surface area (Å²) >= 11 is 0. The Bertz CT molecular complexity index is 782. The van der Waals surface area contributed by atoms with Gasteiger partial charge in [0, 0.05) is 11.8 Å². The van der Waals surface area contributed by atoms with E-state index in [2.05, 4.69) is 4.98 Å². The number of rotatable bonds is 2. The molecular formula is C18H13F2N. The Balaban J connectivity index is 2.16. The summed E-state index contributed by atoms with van der Waals surface area (Å²) in [6.45, 7) is 1.95. The summed E-state index contributed by atoms with van der Waals surface area (Å²) in [6, 6.07) is 15.0. The van der Waals surface area contributed by atoms with Gasteiger partial charge in [0.2, 0.25) is 0 Å². The van der Waals surface area contributed by atoms with Gasteiger partial charge in [0.1, 0.15) is 11.6 Å². The zero-order valence-corrected chi connectivity index (χ0v) is 11.5. The number of aromatic nitrogens is 1. The molecule has 0 N–H and O–H groups in total. The monoisotopic (exact) mass is 281 g/mol. The van der Waals surface area contributed by atoms with E-state index in [0.717, 1.165) is 28.8 Å². The van der Waals surface area contributed by atoms with Gasteiger partial charge in [0.15, 0.2) is 0 Å². The molecule has 1 aromatic heterocycles. The van der Waals surface area contributed by atoms with Gasteiger partial charge in [-0.1, -0.05) is 30.3 Å². The molecule has 0 aliphatic heterocycles. The molecule has 1 heterocycles. The number of hydrogen-bond donors (Lipinski definition) is 0. The van der Waals surface area contributed by atoms with Crippen LogP contribution in [0.15, 0.2) is 60.8 Å². The first-order valence-corrected chi connectivity index (χ1v) is 6.62. The summed E-state index contributed by atoms with van der Waals surface area (Å²) in [5, 5.41) is 0. The van der Waals surface area contributed by atoms with Gasteiger partial charge in [-0.05, 0) is 47.9 Å². The molecule has 0 saturated heterocycles. The molecular weight excluding hydrogens is 268 g/mol. The van der Waals surface area contributed by atoms with Gasteiger partial charge < -0.3 is 0 Å². The van der Waals surface area contributed by atoms with Crippen molar-refractivity contribution in [3.05, 3.63) is 78.0 Å². The molecule has 21 heavy (non-hydrogen) atoms. The number of aryl methyl sites for hydroxylation is 1. The zero-order valence-electron chi connectivity index (χ0n) is 11.5. The highest BCUT2D eigenvalue weighted by atomic mass is 19.1. The van der Waals surface area contributed by atoms with Gasteiger partial charge in [-0.15, -0.1) is 0 Å². The molecule has 0 bridgehead atoms. The van der Waals surface area contributed by atoms with Gasteiger partial charge in [0.05, 0.1) is 5.69 Å². The average molecular weight is 281 g/mol. The van der Waals surface area contributed by atoms with E-state index in [-0.39, 0.29) is 5.56 Å². The smallest absolute Gasteiger partial charge is 0.132 e. The minimum atomic E-state index is -0.480. The third-order valence-corrected chi connectivity index (χ3v) is 3.39. The quantitative estimate of drug-likeness (QED) is 0.644. The van der Waals surface area contributed by atoms with Crippen LogP contribution in [0.3, 0.4) is 0 Å². The molecule has 0 saturated carbocycles. The molecule has 0 aliphatic carbocycles. The first kappa shape index (κ1) is 13.4. The van der Waals surface area contributed by atoms with Gasteiger partial charge in [-0.25, -0.2) is 8.78 Å². The van der Waals surface area contributed by atoms with Crippen LogP contribution < -0.4 is 0 Å². The van der Waals surface area contributed by atoms with Crippen LogP contribution in [-0.4, -0.2) is 4.98 Å². The molecule has 1 nitrogen and oxygen atoms in total. The molecule has 3 heteroatoms. The van der Waals surface area contributed by atoms with E-state index < -0.39 is 11.6 Å². The van der Waals surface area contributed by atoms with Crippen LogP contribution in [0.4, 0.5) is 8.78 Å². The summed E-state index contributed by atoms with van der Waals surface area (Å²) in [5.41, 5.74) is 3.57. The molecule has 2 aromatic carbocycles. The van der Waals surface area contributed by atoms with Crippen molar-refractivity contribution in [3.63, 3.8) is 0 Å². The van der Waals surface area contributed by atoms with Gasteiger partial charge in [-0.2, -0.15) is 0 Å². The molecule has 0 unspecified atom stereocenters. The zero-order chi connectivity index (χ0) is 14.8. The van der Waals surface area contributed by atoms with Gasteiger partial charge >= 0.3 is 0 Å². The average Bonchev–Trinajstić information content (AvgIpc) is 2.51. The van der Waals surface area contributed by atoms with E-state index in [1.54, 1.807) is 12.3 Å². The fraction of sp³-hybridized carbons (Fsp3) is 0.0556. The highest BCUT2D eigenvalue weighted by Gasteiger charge is 2.11. The fourth-order valence-electron chi connectivity index (χ4n) is 2.29. The van der Waals surface area contributed by atoms with Gasteiger partial charge in [0.25, 0.3) is 0 Å². The maximum atomic E-state index is 13.9. The lowest BCUT2D eigenvalue weighted by Gasteiger charge is -2.09. The van der Waals surface area contributed by atoms with Gasteiger partial charge in [-0.3, -0.25) is 4.98 Å². The van der Waals surface area contributed by atoms with Crippen LogP contribution in [-0.2, 0) is 0 Å². The van der Waals surface area contributed by atoms with Crippen molar-refractivity contribution < 1.29 is 8.78 Å². The lowest BCUT2D eigenvalue weighted by Crippen LogP contribution is -1.92.